The molecular formula is C27H32ClN9OS. The maximum absolute atomic E-state index is 12.4. The van der Waals surface area contributed by atoms with Gasteiger partial charge in [0.25, 0.3) is 0 Å². The van der Waals surface area contributed by atoms with Gasteiger partial charge in [-0.1, -0.05) is 24.9 Å². The fraction of sp³-hybridized carbons (Fsp3) is 0.481. The average molecular weight is 566 g/mol. The van der Waals surface area contributed by atoms with E-state index in [9.17, 15) is 4.79 Å². The van der Waals surface area contributed by atoms with E-state index in [0.29, 0.717) is 34.7 Å². The summed E-state index contributed by atoms with van der Waals surface area (Å²) in [6.45, 7) is 7.44. The van der Waals surface area contributed by atoms with Crippen LogP contribution in [0.15, 0.2) is 34.7 Å². The number of amides is 1. The van der Waals surface area contributed by atoms with Crippen LogP contribution in [0.1, 0.15) is 38.3 Å². The van der Waals surface area contributed by atoms with Crippen LogP contribution in [0.4, 0.5) is 5.82 Å². The van der Waals surface area contributed by atoms with Gasteiger partial charge >= 0.3 is 0 Å². The Kier molecular flexibility index (Phi) is 7.80. The van der Waals surface area contributed by atoms with Gasteiger partial charge in [0, 0.05) is 67.7 Å². The SMILES string of the molecule is CCc1[nH]c2nc(Sc3cnc4nccnc4c3)nc(N3CC(CNC(=O)CCN4CCCCC4)C3)c2c1Cl. The molecule has 0 spiro atoms. The van der Waals surface area contributed by atoms with E-state index in [1.54, 1.807) is 18.6 Å². The number of anilines is 1. The molecule has 2 saturated heterocycles. The molecular weight excluding hydrogens is 534 g/mol. The highest BCUT2D eigenvalue weighted by molar-refractivity contribution is 7.99. The van der Waals surface area contributed by atoms with Crippen LogP contribution in [0.25, 0.3) is 22.2 Å². The quantitative estimate of drug-likeness (QED) is 0.289. The first-order chi connectivity index (χ1) is 19.1. The molecule has 0 aliphatic carbocycles. The number of aromatic amines is 1. The molecule has 0 atom stereocenters. The summed E-state index contributed by atoms with van der Waals surface area (Å²) in [5.41, 5.74) is 3.01. The zero-order valence-electron chi connectivity index (χ0n) is 22.0. The molecule has 12 heteroatoms. The lowest BCUT2D eigenvalue weighted by Gasteiger charge is -2.40. The number of aromatic nitrogens is 6. The van der Waals surface area contributed by atoms with Crippen LogP contribution in [0, 0.1) is 5.92 Å². The number of halogens is 1. The van der Waals surface area contributed by atoms with E-state index < -0.39 is 0 Å². The molecule has 0 saturated carbocycles. The first kappa shape index (κ1) is 26.2. The molecule has 2 aliphatic heterocycles. The van der Waals surface area contributed by atoms with E-state index in [-0.39, 0.29) is 5.91 Å². The van der Waals surface area contributed by atoms with Crippen molar-refractivity contribution >= 4 is 57.3 Å². The van der Waals surface area contributed by atoms with Crippen LogP contribution in [0.2, 0.25) is 5.02 Å². The minimum absolute atomic E-state index is 0.136. The number of carbonyl (C=O) groups excluding carboxylic acids is 1. The summed E-state index contributed by atoms with van der Waals surface area (Å²) >= 11 is 8.21. The highest BCUT2D eigenvalue weighted by Gasteiger charge is 2.31. The molecule has 0 unspecified atom stereocenters. The highest BCUT2D eigenvalue weighted by atomic mass is 35.5. The fourth-order valence-corrected chi connectivity index (χ4v) is 6.36. The number of carbonyl (C=O) groups is 1. The Morgan fingerprint density at radius 3 is 2.79 bits per heavy atom. The summed E-state index contributed by atoms with van der Waals surface area (Å²) in [6, 6.07) is 1.94. The molecule has 0 radical (unpaired) electrons. The van der Waals surface area contributed by atoms with E-state index in [1.165, 1.54) is 31.0 Å². The van der Waals surface area contributed by atoms with E-state index in [1.807, 2.05) is 6.07 Å². The van der Waals surface area contributed by atoms with Gasteiger partial charge in [0.1, 0.15) is 17.0 Å². The molecule has 2 N–H and O–H groups in total. The van der Waals surface area contributed by atoms with Gasteiger partial charge < -0.3 is 20.1 Å². The minimum atomic E-state index is 0.136. The number of nitrogens with zero attached hydrogens (tertiary/aromatic N) is 7. The third-order valence-electron chi connectivity index (χ3n) is 7.43. The van der Waals surface area contributed by atoms with Crippen LogP contribution >= 0.6 is 23.4 Å². The zero-order chi connectivity index (χ0) is 26.8. The van der Waals surface area contributed by atoms with Gasteiger partial charge in [-0.05, 0) is 50.2 Å². The van der Waals surface area contributed by atoms with Crippen molar-refractivity contribution in [1.29, 1.82) is 0 Å². The summed E-state index contributed by atoms with van der Waals surface area (Å²) < 4.78 is 0. The first-order valence-corrected chi connectivity index (χ1v) is 14.8. The average Bonchev–Trinajstić information content (AvgIpc) is 3.26. The number of piperidine rings is 1. The van der Waals surface area contributed by atoms with Crippen molar-refractivity contribution in [2.75, 3.05) is 44.2 Å². The molecule has 6 heterocycles. The lowest BCUT2D eigenvalue weighted by molar-refractivity contribution is -0.121. The molecule has 4 aromatic heterocycles. The van der Waals surface area contributed by atoms with E-state index >= 15 is 0 Å². The molecule has 10 nitrogen and oxygen atoms in total. The monoisotopic (exact) mass is 565 g/mol. The molecule has 1 amide bonds. The predicted octanol–water partition coefficient (Wildman–Crippen LogP) is 4.09. The molecule has 0 bridgehead atoms. The van der Waals surface area contributed by atoms with E-state index in [0.717, 1.165) is 72.1 Å². The standard InChI is InChI=1S/C27H32ClN9OS/c1-2-19-23(28)22-25(33-19)34-27(39-18-12-20-24(32-14-18)30-8-7-29-20)35-26(22)37-15-17(16-37)13-31-21(38)6-11-36-9-4-3-5-10-36/h7-8,12,14,17H,2-6,9-11,13,15-16H2,1H3,(H,31,38)(H,33,34,35). The van der Waals surface area contributed by atoms with Crippen LogP contribution in [-0.2, 0) is 11.2 Å². The third kappa shape index (κ3) is 5.80. The van der Waals surface area contributed by atoms with Gasteiger partial charge in [0.05, 0.1) is 10.4 Å². The van der Waals surface area contributed by atoms with Crippen molar-refractivity contribution in [3.63, 3.8) is 0 Å². The second-order valence-corrected chi connectivity index (χ2v) is 11.6. The van der Waals surface area contributed by atoms with Crippen LogP contribution < -0.4 is 10.2 Å². The Labute approximate surface area is 236 Å². The van der Waals surface area contributed by atoms with Gasteiger partial charge in [-0.3, -0.25) is 9.78 Å². The molecule has 6 rings (SSSR count). The number of hydrogen-bond donors (Lipinski definition) is 2. The number of rotatable bonds is 9. The van der Waals surface area contributed by atoms with Crippen molar-refractivity contribution in [2.45, 2.75) is 49.1 Å². The summed E-state index contributed by atoms with van der Waals surface area (Å²) in [6.07, 6.45) is 10.2. The Hall–Kier alpha value is -3.02. The van der Waals surface area contributed by atoms with E-state index in [2.05, 4.69) is 42.0 Å². The summed E-state index contributed by atoms with van der Waals surface area (Å²) in [5, 5.41) is 5.27. The van der Waals surface area contributed by atoms with Crippen molar-refractivity contribution in [3.05, 3.63) is 35.4 Å². The third-order valence-corrected chi connectivity index (χ3v) is 8.67. The lowest BCUT2D eigenvalue weighted by Crippen LogP contribution is -2.52. The smallest absolute Gasteiger partial charge is 0.221 e. The first-order valence-electron chi connectivity index (χ1n) is 13.6. The molecule has 0 aromatic carbocycles. The van der Waals surface area contributed by atoms with Crippen molar-refractivity contribution in [1.82, 2.24) is 40.1 Å². The van der Waals surface area contributed by atoms with Crippen LogP contribution in [0.5, 0.6) is 0 Å². The minimum Gasteiger partial charge on any atom is -0.356 e. The lowest BCUT2D eigenvalue weighted by atomic mass is 9.99. The highest BCUT2D eigenvalue weighted by Crippen LogP contribution is 2.38. The molecule has 2 aliphatic rings. The van der Waals surface area contributed by atoms with Crippen molar-refractivity contribution < 1.29 is 4.79 Å². The Morgan fingerprint density at radius 1 is 1.15 bits per heavy atom. The van der Waals surface area contributed by atoms with Gasteiger partial charge in [-0.25, -0.2) is 19.9 Å². The van der Waals surface area contributed by atoms with Crippen molar-refractivity contribution in [2.24, 2.45) is 5.92 Å². The van der Waals surface area contributed by atoms with Crippen molar-refractivity contribution in [3.8, 4) is 0 Å². The number of H-pyrrole nitrogens is 1. The maximum Gasteiger partial charge on any atom is 0.221 e. The molecule has 39 heavy (non-hydrogen) atoms. The topological polar surface area (TPSA) is 116 Å². The van der Waals surface area contributed by atoms with Gasteiger partial charge in [0.2, 0.25) is 5.91 Å². The van der Waals surface area contributed by atoms with Gasteiger partial charge in [-0.2, -0.15) is 0 Å². The summed E-state index contributed by atoms with van der Waals surface area (Å²) in [4.78, 5) is 44.0. The Balaban J connectivity index is 1.13. The number of fused-ring (bicyclic) bond motifs is 2. The molecule has 4 aromatic rings. The Morgan fingerprint density at radius 2 is 1.97 bits per heavy atom. The second-order valence-electron chi connectivity index (χ2n) is 10.2. The summed E-state index contributed by atoms with van der Waals surface area (Å²) in [5.74, 6) is 1.33. The summed E-state index contributed by atoms with van der Waals surface area (Å²) in [7, 11) is 0. The van der Waals surface area contributed by atoms with Crippen LogP contribution in [-0.4, -0.2) is 80.0 Å². The molecule has 2 fully saturated rings. The van der Waals surface area contributed by atoms with Gasteiger partial charge in [0.15, 0.2) is 10.8 Å². The number of hydrogen-bond acceptors (Lipinski definition) is 9. The predicted molar refractivity (Wildman–Crippen MR) is 153 cm³/mol. The van der Waals surface area contributed by atoms with E-state index in [4.69, 9.17) is 21.6 Å². The Bertz CT molecular complexity index is 1480. The van der Waals surface area contributed by atoms with Crippen LogP contribution in [0.3, 0.4) is 0 Å². The number of likely N-dealkylation sites (tertiary alicyclic amines) is 1. The fourth-order valence-electron chi connectivity index (χ4n) is 5.25. The normalized spacial score (nSPS) is 16.6. The second kappa shape index (κ2) is 11.6. The maximum atomic E-state index is 12.4. The largest absolute Gasteiger partial charge is 0.356 e. The molecule has 204 valence electrons. The van der Waals surface area contributed by atoms with Gasteiger partial charge in [-0.15, -0.1) is 0 Å². The number of pyridine rings is 1. The zero-order valence-corrected chi connectivity index (χ0v) is 23.6. The number of aryl methyl sites for hydroxylation is 1. The number of nitrogens with one attached hydrogen (secondary N) is 2.